The summed E-state index contributed by atoms with van der Waals surface area (Å²) in [6.45, 7) is 0. The number of hydrogen-bond acceptors (Lipinski definition) is 4. The predicted molar refractivity (Wildman–Crippen MR) is 92.6 cm³/mol. The van der Waals surface area contributed by atoms with Gasteiger partial charge in [0, 0.05) is 10.4 Å². The maximum absolute atomic E-state index is 12.9. The average Bonchev–Trinajstić information content (AvgIpc) is 2.93. The standard InChI is InChI=1S/C18H11ClN2O4/c19-10-5-7-11(8-6-10)21-18(24)16-14(9-15(22)23)25-13-4-2-1-3-12(13)17(16)20-21/h1-8H,9H2,(H,22,23). The van der Waals surface area contributed by atoms with Gasteiger partial charge in [-0.2, -0.15) is 9.78 Å². The Morgan fingerprint density at radius 2 is 1.88 bits per heavy atom. The number of benzene rings is 2. The molecule has 0 saturated carbocycles. The number of carbonyl (C=O) groups is 1. The van der Waals surface area contributed by atoms with Crippen molar-refractivity contribution < 1.29 is 14.3 Å². The van der Waals surface area contributed by atoms with E-state index in [0.717, 1.165) is 0 Å². The van der Waals surface area contributed by atoms with Gasteiger partial charge in [0.05, 0.1) is 5.69 Å². The summed E-state index contributed by atoms with van der Waals surface area (Å²) in [5, 5.41) is 14.7. The van der Waals surface area contributed by atoms with E-state index in [2.05, 4.69) is 5.10 Å². The molecule has 0 saturated heterocycles. The van der Waals surface area contributed by atoms with Crippen LogP contribution in [0.2, 0.25) is 5.02 Å². The first-order valence-electron chi connectivity index (χ1n) is 7.46. The third-order valence-corrected chi connectivity index (χ3v) is 4.13. The third-order valence-electron chi connectivity index (χ3n) is 3.88. The van der Waals surface area contributed by atoms with Crippen molar-refractivity contribution in [1.29, 1.82) is 0 Å². The molecule has 1 N–H and O–H groups in total. The number of carboxylic acid groups (broad SMARTS) is 1. The average molecular weight is 355 g/mol. The van der Waals surface area contributed by atoms with Crippen LogP contribution in [0.25, 0.3) is 27.9 Å². The fraction of sp³-hybridized carbons (Fsp3) is 0.0556. The molecule has 0 radical (unpaired) electrons. The van der Waals surface area contributed by atoms with Gasteiger partial charge in [-0.3, -0.25) is 9.59 Å². The number of aliphatic carboxylic acids is 1. The van der Waals surface area contributed by atoms with Gasteiger partial charge >= 0.3 is 5.97 Å². The Bertz CT molecular complexity index is 1130. The fourth-order valence-electron chi connectivity index (χ4n) is 2.80. The van der Waals surface area contributed by atoms with Crippen LogP contribution in [0.5, 0.6) is 0 Å². The Balaban J connectivity index is 2.07. The van der Waals surface area contributed by atoms with E-state index in [4.69, 9.17) is 21.1 Å². The van der Waals surface area contributed by atoms with Gasteiger partial charge in [-0.05, 0) is 36.4 Å². The summed E-state index contributed by atoms with van der Waals surface area (Å²) < 4.78 is 6.91. The molecule has 25 heavy (non-hydrogen) atoms. The molecule has 0 aliphatic carbocycles. The number of carboxylic acids is 1. The van der Waals surface area contributed by atoms with Crippen LogP contribution < -0.4 is 5.56 Å². The molecule has 0 spiro atoms. The molecule has 2 aliphatic rings. The zero-order valence-corrected chi connectivity index (χ0v) is 13.5. The highest BCUT2D eigenvalue weighted by Gasteiger charge is 2.26. The molecule has 0 fully saturated rings. The lowest BCUT2D eigenvalue weighted by molar-refractivity contribution is -0.136. The second-order valence-electron chi connectivity index (χ2n) is 5.51. The number of nitrogens with zero attached hydrogens (tertiary/aromatic N) is 2. The molecule has 2 aromatic rings. The summed E-state index contributed by atoms with van der Waals surface area (Å²) in [5.74, 6) is -0.995. The molecular weight excluding hydrogens is 344 g/mol. The SMILES string of the molecule is O=C(O)Cc1oc2ccccc2c2nn(-c3ccc(Cl)cc3)c(=O)c1-2. The van der Waals surface area contributed by atoms with Crippen LogP contribution in [-0.2, 0) is 11.2 Å². The molecule has 2 aliphatic heterocycles. The van der Waals surface area contributed by atoms with Crippen molar-refractivity contribution in [3.05, 3.63) is 69.7 Å². The number of para-hydroxylation sites is 1. The fourth-order valence-corrected chi connectivity index (χ4v) is 2.92. The van der Waals surface area contributed by atoms with Crippen molar-refractivity contribution in [3.63, 3.8) is 0 Å². The highest BCUT2D eigenvalue weighted by atomic mass is 35.5. The molecule has 6 nitrogen and oxygen atoms in total. The minimum absolute atomic E-state index is 0.0893. The van der Waals surface area contributed by atoms with Gasteiger partial charge in [-0.15, -0.1) is 0 Å². The Hall–Kier alpha value is -3.12. The lowest BCUT2D eigenvalue weighted by Gasteiger charge is -2.06. The Kier molecular flexibility index (Phi) is 3.54. The Labute approximate surface area is 146 Å². The van der Waals surface area contributed by atoms with Crippen LogP contribution in [0.15, 0.2) is 57.7 Å². The summed E-state index contributed by atoms with van der Waals surface area (Å²) >= 11 is 5.89. The van der Waals surface area contributed by atoms with Crippen molar-refractivity contribution in [1.82, 2.24) is 9.78 Å². The maximum atomic E-state index is 12.9. The minimum atomic E-state index is -1.08. The van der Waals surface area contributed by atoms with Gasteiger partial charge in [0.2, 0.25) is 0 Å². The largest absolute Gasteiger partial charge is 0.481 e. The van der Waals surface area contributed by atoms with E-state index < -0.39 is 17.9 Å². The van der Waals surface area contributed by atoms with Crippen molar-refractivity contribution in [3.8, 4) is 16.9 Å². The third kappa shape index (κ3) is 2.56. The van der Waals surface area contributed by atoms with Crippen molar-refractivity contribution in [2.24, 2.45) is 0 Å². The first-order valence-corrected chi connectivity index (χ1v) is 7.83. The molecule has 2 aromatic carbocycles. The second-order valence-corrected chi connectivity index (χ2v) is 5.95. The number of rotatable bonds is 3. The van der Waals surface area contributed by atoms with Gasteiger partial charge in [-0.1, -0.05) is 23.7 Å². The summed E-state index contributed by atoms with van der Waals surface area (Å²) in [5.41, 5.74) is 1.18. The lowest BCUT2D eigenvalue weighted by atomic mass is 10.1. The van der Waals surface area contributed by atoms with Crippen LogP contribution in [0, 0.1) is 0 Å². The zero-order chi connectivity index (χ0) is 17.6. The topological polar surface area (TPSA) is 85.3 Å². The van der Waals surface area contributed by atoms with Gasteiger partial charge in [-0.25, -0.2) is 0 Å². The van der Waals surface area contributed by atoms with Gasteiger partial charge in [0.1, 0.15) is 29.0 Å². The van der Waals surface area contributed by atoms with Gasteiger partial charge in [0.25, 0.3) is 5.56 Å². The second kappa shape index (κ2) is 5.75. The molecule has 0 atom stereocenters. The summed E-state index contributed by atoms with van der Waals surface area (Å²) in [6.07, 6.45) is -0.400. The van der Waals surface area contributed by atoms with Crippen LogP contribution in [0.4, 0.5) is 0 Å². The quantitative estimate of drug-likeness (QED) is 0.609. The maximum Gasteiger partial charge on any atom is 0.311 e. The van der Waals surface area contributed by atoms with E-state index >= 15 is 0 Å². The molecule has 0 amide bonds. The molecule has 2 heterocycles. The first-order chi connectivity index (χ1) is 12.0. The normalized spacial score (nSPS) is 11.2. The Morgan fingerprint density at radius 3 is 2.60 bits per heavy atom. The van der Waals surface area contributed by atoms with Crippen LogP contribution >= 0.6 is 11.6 Å². The molecule has 0 unspecified atom stereocenters. The van der Waals surface area contributed by atoms with Crippen LogP contribution in [0.1, 0.15) is 5.76 Å². The highest BCUT2D eigenvalue weighted by Crippen LogP contribution is 2.31. The summed E-state index contributed by atoms with van der Waals surface area (Å²) in [7, 11) is 0. The van der Waals surface area contributed by atoms with E-state index in [1.54, 1.807) is 48.5 Å². The summed E-state index contributed by atoms with van der Waals surface area (Å²) in [6, 6.07) is 13.7. The lowest BCUT2D eigenvalue weighted by Crippen LogP contribution is -2.16. The molecule has 124 valence electrons. The van der Waals surface area contributed by atoms with E-state index in [-0.39, 0.29) is 11.3 Å². The van der Waals surface area contributed by atoms with Crippen LogP contribution in [0.3, 0.4) is 0 Å². The molecule has 0 aromatic heterocycles. The number of hydrogen-bond donors (Lipinski definition) is 1. The van der Waals surface area contributed by atoms with E-state index in [0.29, 0.717) is 27.4 Å². The number of aromatic nitrogens is 2. The van der Waals surface area contributed by atoms with E-state index in [9.17, 15) is 9.59 Å². The monoisotopic (exact) mass is 354 g/mol. The molecule has 0 bridgehead atoms. The van der Waals surface area contributed by atoms with Crippen LogP contribution in [-0.4, -0.2) is 20.9 Å². The minimum Gasteiger partial charge on any atom is -0.481 e. The first kappa shape index (κ1) is 15.4. The predicted octanol–water partition coefficient (Wildman–Crippen LogP) is 3.36. The van der Waals surface area contributed by atoms with Gasteiger partial charge < -0.3 is 9.52 Å². The van der Waals surface area contributed by atoms with Crippen molar-refractivity contribution in [2.75, 3.05) is 0 Å². The molecular formula is C18H11ClN2O4. The van der Waals surface area contributed by atoms with Gasteiger partial charge in [0.15, 0.2) is 0 Å². The highest BCUT2D eigenvalue weighted by molar-refractivity contribution is 6.30. The van der Waals surface area contributed by atoms with E-state index in [1.807, 2.05) is 0 Å². The smallest absolute Gasteiger partial charge is 0.311 e. The number of fused-ring (bicyclic) bond motifs is 3. The Morgan fingerprint density at radius 1 is 1.16 bits per heavy atom. The summed E-state index contributed by atoms with van der Waals surface area (Å²) in [4.78, 5) is 24.0. The van der Waals surface area contributed by atoms with E-state index in [1.165, 1.54) is 4.68 Å². The van der Waals surface area contributed by atoms with Crippen molar-refractivity contribution >= 4 is 28.5 Å². The number of halogens is 1. The van der Waals surface area contributed by atoms with Crippen molar-refractivity contribution in [2.45, 2.75) is 6.42 Å². The molecule has 7 heteroatoms. The zero-order valence-electron chi connectivity index (χ0n) is 12.8. The molecule has 4 rings (SSSR count).